The Labute approximate surface area is 441 Å². The largest absolute Gasteiger partial charge is 0.493 e. The highest BCUT2D eigenvalue weighted by Gasteiger charge is 2.38. The minimum Gasteiger partial charge on any atom is -0.493 e. The van der Waals surface area contributed by atoms with Gasteiger partial charge in [0.1, 0.15) is 5.75 Å². The van der Waals surface area contributed by atoms with Crippen LogP contribution in [0.5, 0.6) is 5.75 Å². The minimum absolute atomic E-state index is 0.0131. The number of carbonyl (C=O) groups is 1. The predicted molar refractivity (Wildman–Crippen MR) is 284 cm³/mol. The van der Waals surface area contributed by atoms with Gasteiger partial charge in [-0.3, -0.25) is 40.1 Å². The second kappa shape index (κ2) is 22.3. The summed E-state index contributed by atoms with van der Waals surface area (Å²) >= 11 is 0. The van der Waals surface area contributed by atoms with Gasteiger partial charge in [0.05, 0.1) is 45.9 Å². The number of hydrogen-bond donors (Lipinski definition) is 1. The molecule has 9 rings (SSSR count). The van der Waals surface area contributed by atoms with Crippen molar-refractivity contribution in [1.82, 2.24) is 23.2 Å². The molecule has 2 bridgehead atoms. The molecule has 0 saturated carbocycles. The quantitative estimate of drug-likeness (QED) is 0.0389. The van der Waals surface area contributed by atoms with Crippen LogP contribution in [0.1, 0.15) is 47.4 Å². The zero-order valence-electron chi connectivity index (χ0n) is 40.8. The Hall–Kier alpha value is -8.07. The molecule has 0 atom stereocenters. The molecule has 25 heteroatoms. The summed E-state index contributed by atoms with van der Waals surface area (Å²) in [4.78, 5) is 49.8. The summed E-state index contributed by atoms with van der Waals surface area (Å²) in [6.45, 7) is -3.29. The summed E-state index contributed by atoms with van der Waals surface area (Å²) < 4.78 is 95.9. The summed E-state index contributed by atoms with van der Waals surface area (Å²) in [5, 5.41) is 45.6. The molecule has 77 heavy (non-hydrogen) atoms. The standard InChI is InChI=1S/C52H48N8O14S3/c61-52(43-25-23-38-21-20-36-12-10-13-37-22-24-42(43)51(38)50(36)37)53-26-8-1-9-31-74-41-32-39-34-56(76(70,71)48-18-6-3-15-45(48)59(64)65)28-11-27-55(75(68,69)47-17-5-2-14-44(47)58(62)63)29-30-57(35-40(33-41)54-39)77(72,73)49-19-7-4-16-46(49)60(66)67/h2-7,10,12-25,32-33H,1,8-9,11,26-31,34-35H2,(H,53,61). The third kappa shape index (κ3) is 11.1. The number of nitrogens with zero attached hydrogens (tertiary/aromatic N) is 7. The molecule has 0 unspecified atom stereocenters. The van der Waals surface area contributed by atoms with Gasteiger partial charge in [-0.1, -0.05) is 84.9 Å². The van der Waals surface area contributed by atoms with Gasteiger partial charge in [-0.15, -0.1) is 0 Å². The molecule has 398 valence electrons. The first-order valence-electron chi connectivity index (χ1n) is 24.1. The number of hydrogen-bond acceptors (Lipinski definition) is 15. The van der Waals surface area contributed by atoms with E-state index in [0.717, 1.165) is 81.6 Å². The number of rotatable bonds is 17. The van der Waals surface area contributed by atoms with Gasteiger partial charge >= 0.3 is 0 Å². The van der Waals surface area contributed by atoms with Crippen LogP contribution >= 0.6 is 0 Å². The Morgan fingerprint density at radius 1 is 0.532 bits per heavy atom. The van der Waals surface area contributed by atoms with E-state index in [1.807, 2.05) is 48.5 Å². The van der Waals surface area contributed by atoms with Gasteiger partial charge in [-0.25, -0.2) is 25.3 Å². The van der Waals surface area contributed by atoms with Crippen molar-refractivity contribution in [3.8, 4) is 5.75 Å². The van der Waals surface area contributed by atoms with Crippen LogP contribution in [0.4, 0.5) is 17.1 Å². The van der Waals surface area contributed by atoms with Crippen molar-refractivity contribution in [2.75, 3.05) is 39.3 Å². The molecule has 1 aliphatic heterocycles. The molecular formula is C52H48N8O14S3. The van der Waals surface area contributed by atoms with Crippen LogP contribution in [0.25, 0.3) is 32.3 Å². The van der Waals surface area contributed by atoms with Crippen molar-refractivity contribution in [3.63, 3.8) is 0 Å². The number of aromatic nitrogens is 1. The summed E-state index contributed by atoms with van der Waals surface area (Å²) in [5.74, 6) is -0.120. The second-order valence-electron chi connectivity index (χ2n) is 18.0. The molecule has 0 fully saturated rings. The van der Waals surface area contributed by atoms with E-state index in [-0.39, 0.29) is 36.1 Å². The van der Waals surface area contributed by atoms with Gasteiger partial charge in [0.25, 0.3) is 23.0 Å². The number of unbranched alkanes of at least 4 members (excludes halogenated alkanes) is 2. The Balaban J connectivity index is 1.000. The number of carbonyl (C=O) groups excluding carboxylic acids is 1. The first-order valence-corrected chi connectivity index (χ1v) is 28.5. The van der Waals surface area contributed by atoms with Crippen LogP contribution in [0, 0.1) is 30.3 Å². The number of nitrogens with one attached hydrogen (secondary N) is 1. The second-order valence-corrected chi connectivity index (χ2v) is 23.7. The lowest BCUT2D eigenvalue weighted by molar-refractivity contribution is -0.388. The lowest BCUT2D eigenvalue weighted by Gasteiger charge is -2.27. The topological polar surface area (TPSA) is 293 Å². The number of pyridine rings is 1. The van der Waals surface area contributed by atoms with E-state index in [2.05, 4.69) is 16.4 Å². The Bertz CT molecular complexity index is 3940. The first-order chi connectivity index (χ1) is 36.9. The monoisotopic (exact) mass is 1100 g/mol. The molecule has 1 amide bonds. The van der Waals surface area contributed by atoms with Gasteiger partial charge in [-0.05, 0) is 82.3 Å². The van der Waals surface area contributed by atoms with Gasteiger partial charge in [0, 0.05) is 68.6 Å². The van der Waals surface area contributed by atoms with Crippen LogP contribution in [0.2, 0.25) is 0 Å². The fraction of sp³-hybridized carbons (Fsp3) is 0.231. The molecule has 7 aromatic carbocycles. The molecule has 1 aromatic heterocycles. The maximum absolute atomic E-state index is 14.7. The van der Waals surface area contributed by atoms with Gasteiger partial charge in [-0.2, -0.15) is 12.9 Å². The zero-order valence-corrected chi connectivity index (χ0v) is 43.3. The normalized spacial score (nSPS) is 14.6. The van der Waals surface area contributed by atoms with Crippen molar-refractivity contribution < 1.29 is 49.6 Å². The van der Waals surface area contributed by atoms with Crippen molar-refractivity contribution in [1.29, 1.82) is 0 Å². The predicted octanol–water partition coefficient (Wildman–Crippen LogP) is 8.16. The van der Waals surface area contributed by atoms with Crippen molar-refractivity contribution in [2.24, 2.45) is 0 Å². The van der Waals surface area contributed by atoms with E-state index in [1.165, 1.54) is 48.5 Å². The molecule has 0 aliphatic carbocycles. The van der Waals surface area contributed by atoms with Gasteiger partial charge < -0.3 is 10.1 Å². The zero-order chi connectivity index (χ0) is 54.6. The van der Waals surface area contributed by atoms with E-state index in [9.17, 15) is 60.4 Å². The molecule has 2 heterocycles. The number of fused-ring (bicyclic) bond motifs is 2. The van der Waals surface area contributed by atoms with E-state index in [4.69, 9.17) is 4.74 Å². The summed E-state index contributed by atoms with van der Waals surface area (Å²) in [6, 6.07) is 34.3. The van der Waals surface area contributed by atoms with E-state index >= 15 is 0 Å². The Morgan fingerprint density at radius 2 is 0.987 bits per heavy atom. The molecule has 0 saturated heterocycles. The molecule has 1 N–H and O–H groups in total. The maximum Gasteiger partial charge on any atom is 0.289 e. The first kappa shape index (κ1) is 53.7. The van der Waals surface area contributed by atoms with Crippen molar-refractivity contribution in [3.05, 3.63) is 187 Å². The van der Waals surface area contributed by atoms with Crippen LogP contribution in [0.15, 0.2) is 154 Å². The number of nitro benzene ring substituents is 3. The average Bonchev–Trinajstić information content (AvgIpc) is 3.45. The van der Waals surface area contributed by atoms with Crippen LogP contribution in [-0.4, -0.2) is 103 Å². The minimum atomic E-state index is -4.91. The molecule has 0 radical (unpaired) electrons. The van der Waals surface area contributed by atoms with Crippen LogP contribution in [0.3, 0.4) is 0 Å². The Morgan fingerprint density at radius 3 is 1.53 bits per heavy atom. The number of para-hydroxylation sites is 3. The summed E-state index contributed by atoms with van der Waals surface area (Å²) in [7, 11) is -14.6. The maximum atomic E-state index is 14.7. The number of nitro groups is 3. The number of amides is 1. The molecule has 22 nitrogen and oxygen atoms in total. The smallest absolute Gasteiger partial charge is 0.289 e. The van der Waals surface area contributed by atoms with Gasteiger partial charge in [0.15, 0.2) is 14.7 Å². The van der Waals surface area contributed by atoms with E-state index < -0.39 is 116 Å². The lowest BCUT2D eigenvalue weighted by atomic mass is 9.92. The van der Waals surface area contributed by atoms with Crippen LogP contribution in [-0.2, 0) is 43.2 Å². The molecule has 0 spiro atoms. The highest BCUT2D eigenvalue weighted by Crippen LogP contribution is 2.37. The third-order valence-electron chi connectivity index (χ3n) is 13.2. The highest BCUT2D eigenvalue weighted by molar-refractivity contribution is 7.90. The van der Waals surface area contributed by atoms with Crippen LogP contribution < -0.4 is 10.1 Å². The number of ether oxygens (including phenoxy) is 1. The summed E-state index contributed by atoms with van der Waals surface area (Å²) in [6.07, 6.45) is 1.27. The average molecular weight is 1110 g/mol. The molecule has 8 aromatic rings. The van der Waals surface area contributed by atoms with E-state index in [1.54, 1.807) is 0 Å². The lowest BCUT2D eigenvalue weighted by Crippen LogP contribution is -2.42. The number of benzene rings is 7. The fourth-order valence-electron chi connectivity index (χ4n) is 9.51. The van der Waals surface area contributed by atoms with Gasteiger partial charge in [0.2, 0.25) is 30.1 Å². The fourth-order valence-corrected chi connectivity index (χ4v) is 14.3. The molecule has 1 aliphatic rings. The number of sulfonamides is 3. The van der Waals surface area contributed by atoms with Crippen molar-refractivity contribution >= 4 is 85.4 Å². The van der Waals surface area contributed by atoms with Crippen molar-refractivity contribution in [2.45, 2.75) is 53.5 Å². The third-order valence-corrected chi connectivity index (χ3v) is 18.9. The van der Waals surface area contributed by atoms with E-state index in [0.29, 0.717) is 31.4 Å². The highest BCUT2D eigenvalue weighted by atomic mass is 32.2. The molecular weight excluding hydrogens is 1060 g/mol. The SMILES string of the molecule is O=C(NCCCCCOc1cc2nc(c1)CN(S(=O)(=O)c1ccccc1[N+](=O)[O-])CCN(S(=O)(=O)c1ccccc1[N+](=O)[O-])CCCN(S(=O)(=O)c1ccccc1[N+](=O)[O-])C2)c1ccc2ccc3cccc4ccc1c2c34. The summed E-state index contributed by atoms with van der Waals surface area (Å²) in [5.41, 5.74) is -1.85. The Kier molecular flexibility index (Phi) is 15.5.